The number of aromatic nitrogens is 2. The smallest absolute Gasteiger partial charge is 0.0934 e. The standard InChI is InChI=1S/C21H25N3.ClH/c1-4-12-24-16(3)15(2)20-21(24)19(9-11-22-20)23-13-10-17-7-5-6-8-18(17)14-23;/h5-9,11H,4,10,12-14H2,1-3H3;1H. The van der Waals surface area contributed by atoms with Crippen LogP contribution < -0.4 is 4.90 Å². The fourth-order valence-corrected chi connectivity index (χ4v) is 3.99. The van der Waals surface area contributed by atoms with Crippen molar-refractivity contribution in [1.29, 1.82) is 0 Å². The second-order valence-electron chi connectivity index (χ2n) is 6.83. The van der Waals surface area contributed by atoms with Crippen molar-refractivity contribution in [3.05, 3.63) is 58.9 Å². The molecule has 3 aromatic rings. The summed E-state index contributed by atoms with van der Waals surface area (Å²) >= 11 is 0. The first-order valence-corrected chi connectivity index (χ1v) is 8.96. The van der Waals surface area contributed by atoms with Gasteiger partial charge < -0.3 is 9.47 Å². The average molecular weight is 356 g/mol. The summed E-state index contributed by atoms with van der Waals surface area (Å²) < 4.78 is 2.47. The molecule has 1 aromatic carbocycles. The van der Waals surface area contributed by atoms with Crippen LogP contribution in [0.2, 0.25) is 0 Å². The Labute approximate surface area is 156 Å². The summed E-state index contributed by atoms with van der Waals surface area (Å²) in [6.07, 6.45) is 4.23. The molecule has 1 aliphatic heterocycles. The average Bonchev–Trinajstić information content (AvgIpc) is 2.87. The van der Waals surface area contributed by atoms with Crippen LogP contribution in [-0.4, -0.2) is 16.1 Å². The van der Waals surface area contributed by atoms with Gasteiger partial charge in [-0.15, -0.1) is 12.4 Å². The van der Waals surface area contributed by atoms with E-state index in [-0.39, 0.29) is 12.4 Å². The van der Waals surface area contributed by atoms with Crippen LogP contribution in [0.3, 0.4) is 0 Å². The summed E-state index contributed by atoms with van der Waals surface area (Å²) in [5, 5.41) is 0. The predicted molar refractivity (Wildman–Crippen MR) is 108 cm³/mol. The number of benzene rings is 1. The highest BCUT2D eigenvalue weighted by atomic mass is 35.5. The molecule has 0 aliphatic carbocycles. The summed E-state index contributed by atoms with van der Waals surface area (Å²) in [5.41, 5.74) is 9.43. The number of anilines is 1. The largest absolute Gasteiger partial charge is 0.365 e. The van der Waals surface area contributed by atoms with Crippen molar-refractivity contribution in [1.82, 2.24) is 9.55 Å². The Hall–Kier alpha value is -2.00. The quantitative estimate of drug-likeness (QED) is 0.655. The molecule has 0 amide bonds. The number of hydrogen-bond acceptors (Lipinski definition) is 2. The predicted octanol–water partition coefficient (Wildman–Crippen LogP) is 5.05. The Balaban J connectivity index is 0.00000182. The molecular formula is C21H26ClN3. The molecule has 0 saturated carbocycles. The van der Waals surface area contributed by atoms with Crippen molar-refractivity contribution >= 4 is 29.1 Å². The zero-order valence-corrected chi connectivity index (χ0v) is 16.1. The lowest BCUT2D eigenvalue weighted by atomic mass is 9.99. The van der Waals surface area contributed by atoms with Gasteiger partial charge in [-0.2, -0.15) is 0 Å². The Morgan fingerprint density at radius 2 is 1.84 bits per heavy atom. The molecule has 0 saturated heterocycles. The van der Waals surface area contributed by atoms with E-state index in [4.69, 9.17) is 4.98 Å². The minimum Gasteiger partial charge on any atom is -0.365 e. The van der Waals surface area contributed by atoms with E-state index in [0.717, 1.165) is 38.0 Å². The van der Waals surface area contributed by atoms with Crippen LogP contribution in [0.5, 0.6) is 0 Å². The molecule has 0 bridgehead atoms. The molecular weight excluding hydrogens is 330 g/mol. The second kappa shape index (κ2) is 7.09. The van der Waals surface area contributed by atoms with E-state index >= 15 is 0 Å². The first kappa shape index (κ1) is 17.8. The molecule has 2 aromatic heterocycles. The maximum absolute atomic E-state index is 4.70. The van der Waals surface area contributed by atoms with E-state index in [9.17, 15) is 0 Å². The summed E-state index contributed by atoms with van der Waals surface area (Å²) in [6, 6.07) is 11.0. The van der Waals surface area contributed by atoms with Crippen LogP contribution in [0.25, 0.3) is 11.0 Å². The van der Waals surface area contributed by atoms with E-state index in [1.807, 2.05) is 6.20 Å². The van der Waals surface area contributed by atoms with Crippen molar-refractivity contribution in [2.45, 2.75) is 46.7 Å². The van der Waals surface area contributed by atoms with E-state index in [1.54, 1.807) is 0 Å². The van der Waals surface area contributed by atoms with Crippen LogP contribution >= 0.6 is 12.4 Å². The third kappa shape index (κ3) is 2.91. The van der Waals surface area contributed by atoms with Gasteiger partial charge >= 0.3 is 0 Å². The number of fused-ring (bicyclic) bond motifs is 2. The molecule has 0 N–H and O–H groups in total. The number of hydrogen-bond donors (Lipinski definition) is 0. The Morgan fingerprint density at radius 1 is 1.08 bits per heavy atom. The highest BCUT2D eigenvalue weighted by molar-refractivity contribution is 5.92. The number of pyridine rings is 1. The highest BCUT2D eigenvalue weighted by Gasteiger charge is 2.21. The van der Waals surface area contributed by atoms with Crippen molar-refractivity contribution in [3.63, 3.8) is 0 Å². The third-order valence-corrected chi connectivity index (χ3v) is 5.39. The maximum atomic E-state index is 4.70. The van der Waals surface area contributed by atoms with Crippen LogP contribution in [0, 0.1) is 13.8 Å². The summed E-state index contributed by atoms with van der Waals surface area (Å²) in [4.78, 5) is 7.22. The lowest BCUT2D eigenvalue weighted by molar-refractivity contribution is 0.678. The summed E-state index contributed by atoms with van der Waals surface area (Å²) in [5.74, 6) is 0. The Morgan fingerprint density at radius 3 is 2.60 bits per heavy atom. The lowest BCUT2D eigenvalue weighted by Gasteiger charge is -2.31. The van der Waals surface area contributed by atoms with Crippen LogP contribution in [-0.2, 0) is 19.5 Å². The van der Waals surface area contributed by atoms with Crippen molar-refractivity contribution < 1.29 is 0 Å². The van der Waals surface area contributed by atoms with Gasteiger partial charge in [-0.25, -0.2) is 0 Å². The maximum Gasteiger partial charge on any atom is 0.0934 e. The minimum atomic E-state index is 0. The molecule has 3 nitrogen and oxygen atoms in total. The van der Waals surface area contributed by atoms with Crippen molar-refractivity contribution in [3.8, 4) is 0 Å². The second-order valence-corrected chi connectivity index (χ2v) is 6.83. The number of aryl methyl sites for hydroxylation is 2. The number of nitrogens with zero attached hydrogens (tertiary/aromatic N) is 3. The van der Waals surface area contributed by atoms with Crippen LogP contribution in [0.15, 0.2) is 36.5 Å². The van der Waals surface area contributed by atoms with Crippen LogP contribution in [0.1, 0.15) is 35.7 Å². The first-order chi connectivity index (χ1) is 11.7. The van der Waals surface area contributed by atoms with Gasteiger partial charge in [0.15, 0.2) is 0 Å². The molecule has 25 heavy (non-hydrogen) atoms. The molecule has 0 spiro atoms. The van der Waals surface area contributed by atoms with Crippen molar-refractivity contribution in [2.24, 2.45) is 0 Å². The van der Waals surface area contributed by atoms with Gasteiger partial charge in [0, 0.05) is 31.5 Å². The van der Waals surface area contributed by atoms with Gasteiger partial charge in [0.25, 0.3) is 0 Å². The third-order valence-electron chi connectivity index (χ3n) is 5.39. The van der Waals surface area contributed by atoms with Gasteiger partial charge in [0.05, 0.1) is 16.7 Å². The first-order valence-electron chi connectivity index (χ1n) is 8.96. The zero-order chi connectivity index (χ0) is 16.7. The molecule has 0 radical (unpaired) electrons. The Bertz CT molecular complexity index is 898. The molecule has 3 heterocycles. The zero-order valence-electron chi connectivity index (χ0n) is 15.2. The molecule has 0 fully saturated rings. The van der Waals surface area contributed by atoms with Gasteiger partial charge in [0.2, 0.25) is 0 Å². The molecule has 1 aliphatic rings. The number of halogens is 1. The molecule has 132 valence electrons. The molecule has 0 unspecified atom stereocenters. The molecule has 4 heteroatoms. The van der Waals surface area contributed by atoms with Gasteiger partial charge in [-0.1, -0.05) is 31.2 Å². The van der Waals surface area contributed by atoms with E-state index < -0.39 is 0 Å². The molecule has 0 atom stereocenters. The van der Waals surface area contributed by atoms with Crippen LogP contribution in [0.4, 0.5) is 5.69 Å². The highest BCUT2D eigenvalue weighted by Crippen LogP contribution is 2.34. The number of rotatable bonds is 3. The normalized spacial score (nSPS) is 13.6. The summed E-state index contributed by atoms with van der Waals surface area (Å²) in [6.45, 7) is 9.79. The summed E-state index contributed by atoms with van der Waals surface area (Å²) in [7, 11) is 0. The fraction of sp³-hybridized carbons (Fsp3) is 0.381. The lowest BCUT2D eigenvalue weighted by Crippen LogP contribution is -2.30. The fourth-order valence-electron chi connectivity index (χ4n) is 3.99. The minimum absolute atomic E-state index is 0. The monoisotopic (exact) mass is 355 g/mol. The molecule has 4 rings (SSSR count). The van der Waals surface area contributed by atoms with E-state index in [0.29, 0.717) is 0 Å². The van der Waals surface area contributed by atoms with Gasteiger partial charge in [0.1, 0.15) is 0 Å². The van der Waals surface area contributed by atoms with Crippen molar-refractivity contribution in [2.75, 3.05) is 11.4 Å². The SMILES string of the molecule is CCCn1c(C)c(C)c2nccc(N3CCc4ccccc4C3)c21.Cl. The Kier molecular flexibility index (Phi) is 5.05. The van der Waals surface area contributed by atoms with E-state index in [1.165, 1.54) is 33.6 Å². The van der Waals surface area contributed by atoms with Gasteiger partial charge in [-0.3, -0.25) is 4.98 Å². The van der Waals surface area contributed by atoms with E-state index in [2.05, 4.69) is 60.6 Å². The van der Waals surface area contributed by atoms with Gasteiger partial charge in [-0.05, 0) is 49.4 Å². The topological polar surface area (TPSA) is 21.1 Å².